The molecular formula is C10H7FN6O2. The summed E-state index contributed by atoms with van der Waals surface area (Å²) in [5, 5.41) is 24.4. The maximum Gasteiger partial charge on any atom is 0.199 e. The molecule has 0 fully saturated rings. The molecule has 1 aromatic carbocycles. The largest absolute Gasteiger partial charge is 0.379 e. The molecule has 0 saturated carbocycles. The van der Waals surface area contributed by atoms with Crippen LogP contribution < -0.4 is 11.2 Å². The number of nitrogens with one attached hydrogen (secondary N) is 1. The summed E-state index contributed by atoms with van der Waals surface area (Å²) in [4.78, 5) is 3.78. The lowest BCUT2D eigenvalue weighted by Gasteiger charge is -2.02. The van der Waals surface area contributed by atoms with Crippen LogP contribution in [0.2, 0.25) is 0 Å². The molecule has 0 bridgehead atoms. The van der Waals surface area contributed by atoms with Gasteiger partial charge in [0, 0.05) is 0 Å². The van der Waals surface area contributed by atoms with Gasteiger partial charge in [-0.05, 0) is 22.4 Å². The summed E-state index contributed by atoms with van der Waals surface area (Å²) >= 11 is 0. The van der Waals surface area contributed by atoms with Gasteiger partial charge < -0.3 is 5.73 Å². The number of hydroxylamine groups is 1. The van der Waals surface area contributed by atoms with Gasteiger partial charge in [-0.2, -0.15) is 5.26 Å². The number of aromatic nitrogens is 2. The Morgan fingerprint density at radius 1 is 1.53 bits per heavy atom. The van der Waals surface area contributed by atoms with Gasteiger partial charge in [0.1, 0.15) is 11.8 Å². The number of anilines is 1. The van der Waals surface area contributed by atoms with E-state index in [-0.39, 0.29) is 28.6 Å². The fourth-order valence-electron chi connectivity index (χ4n) is 1.30. The zero-order chi connectivity index (χ0) is 13.8. The van der Waals surface area contributed by atoms with Gasteiger partial charge in [0.05, 0.1) is 5.56 Å². The first-order chi connectivity index (χ1) is 9.17. The fraction of sp³-hybridized carbons (Fsp3) is 0. The van der Waals surface area contributed by atoms with E-state index in [0.717, 1.165) is 0 Å². The molecule has 2 rings (SSSR count). The van der Waals surface area contributed by atoms with Crippen LogP contribution in [0.15, 0.2) is 27.8 Å². The van der Waals surface area contributed by atoms with E-state index in [1.807, 2.05) is 0 Å². The predicted molar refractivity (Wildman–Crippen MR) is 60.9 cm³/mol. The van der Waals surface area contributed by atoms with Crippen molar-refractivity contribution in [1.82, 2.24) is 15.8 Å². The minimum absolute atomic E-state index is 0.0794. The summed E-state index contributed by atoms with van der Waals surface area (Å²) < 4.78 is 18.1. The Labute approximate surface area is 105 Å². The van der Waals surface area contributed by atoms with Crippen LogP contribution in [0.3, 0.4) is 0 Å². The highest BCUT2D eigenvalue weighted by atomic mass is 19.1. The Bertz CT molecular complexity index is 675. The number of nitriles is 1. The SMILES string of the molecule is N#Cc1cccc(N=C(NO)c2nonc2N)c1F. The van der Waals surface area contributed by atoms with Crippen molar-refractivity contribution in [2.75, 3.05) is 5.73 Å². The summed E-state index contributed by atoms with van der Waals surface area (Å²) in [6.07, 6.45) is 0. The Morgan fingerprint density at radius 2 is 2.32 bits per heavy atom. The van der Waals surface area contributed by atoms with Crippen molar-refractivity contribution in [3.8, 4) is 6.07 Å². The molecular weight excluding hydrogens is 255 g/mol. The van der Waals surface area contributed by atoms with E-state index in [0.29, 0.717) is 0 Å². The second-order valence-corrected chi connectivity index (χ2v) is 3.32. The van der Waals surface area contributed by atoms with Crippen molar-refractivity contribution >= 4 is 17.3 Å². The Hall–Kier alpha value is -2.99. The molecule has 0 spiro atoms. The molecule has 2 aromatic rings. The third-order valence-electron chi connectivity index (χ3n) is 2.18. The number of amidine groups is 1. The van der Waals surface area contributed by atoms with Crippen molar-refractivity contribution in [3.05, 3.63) is 35.3 Å². The van der Waals surface area contributed by atoms with Crippen LogP contribution >= 0.6 is 0 Å². The highest BCUT2D eigenvalue weighted by Crippen LogP contribution is 2.21. The first kappa shape index (κ1) is 12.5. The molecule has 0 unspecified atom stereocenters. The number of halogens is 1. The van der Waals surface area contributed by atoms with Crippen LogP contribution in [0.1, 0.15) is 11.3 Å². The van der Waals surface area contributed by atoms with Crippen LogP contribution in [-0.2, 0) is 0 Å². The maximum absolute atomic E-state index is 13.8. The average molecular weight is 262 g/mol. The molecule has 4 N–H and O–H groups in total. The summed E-state index contributed by atoms with van der Waals surface area (Å²) in [5.41, 5.74) is 6.71. The van der Waals surface area contributed by atoms with Crippen LogP contribution in [0, 0.1) is 17.1 Å². The van der Waals surface area contributed by atoms with Crippen molar-refractivity contribution < 1.29 is 14.2 Å². The van der Waals surface area contributed by atoms with Crippen LogP contribution in [0.4, 0.5) is 15.9 Å². The molecule has 0 aliphatic carbocycles. The summed E-state index contributed by atoms with van der Waals surface area (Å²) in [6, 6.07) is 5.73. The van der Waals surface area contributed by atoms with E-state index >= 15 is 0 Å². The van der Waals surface area contributed by atoms with Gasteiger partial charge >= 0.3 is 0 Å². The molecule has 0 radical (unpaired) electrons. The summed E-state index contributed by atoms with van der Waals surface area (Å²) in [7, 11) is 0. The van der Waals surface area contributed by atoms with E-state index in [2.05, 4.69) is 19.9 Å². The van der Waals surface area contributed by atoms with Gasteiger partial charge in [-0.1, -0.05) is 6.07 Å². The summed E-state index contributed by atoms with van der Waals surface area (Å²) in [5.74, 6) is -1.21. The van der Waals surface area contributed by atoms with Crippen LogP contribution in [0.5, 0.6) is 0 Å². The predicted octanol–water partition coefficient (Wildman–Crippen LogP) is 0.720. The number of benzene rings is 1. The second-order valence-electron chi connectivity index (χ2n) is 3.32. The van der Waals surface area contributed by atoms with Crippen LogP contribution in [0.25, 0.3) is 0 Å². The Balaban J connectivity index is 2.51. The molecule has 9 heteroatoms. The van der Waals surface area contributed by atoms with Crippen molar-refractivity contribution in [3.63, 3.8) is 0 Å². The third-order valence-corrected chi connectivity index (χ3v) is 2.18. The van der Waals surface area contributed by atoms with Crippen molar-refractivity contribution in [2.45, 2.75) is 0 Å². The zero-order valence-electron chi connectivity index (χ0n) is 9.33. The zero-order valence-corrected chi connectivity index (χ0v) is 9.33. The highest BCUT2D eigenvalue weighted by Gasteiger charge is 2.15. The summed E-state index contributed by atoms with van der Waals surface area (Å²) in [6.45, 7) is 0. The molecule has 0 amide bonds. The normalized spacial score (nSPS) is 11.1. The van der Waals surface area contributed by atoms with E-state index in [1.165, 1.54) is 18.2 Å². The number of hydrogen-bond acceptors (Lipinski definition) is 7. The Morgan fingerprint density at radius 3 is 2.89 bits per heavy atom. The molecule has 0 saturated heterocycles. The van der Waals surface area contributed by atoms with Crippen LogP contribution in [-0.4, -0.2) is 21.4 Å². The van der Waals surface area contributed by atoms with Gasteiger partial charge in [-0.25, -0.2) is 14.0 Å². The molecule has 1 aromatic heterocycles. The van der Waals surface area contributed by atoms with E-state index in [9.17, 15) is 4.39 Å². The molecule has 1 heterocycles. The topological polar surface area (TPSA) is 133 Å². The molecule has 19 heavy (non-hydrogen) atoms. The third kappa shape index (κ3) is 2.33. The number of hydrogen-bond donors (Lipinski definition) is 3. The first-order valence-corrected chi connectivity index (χ1v) is 4.93. The molecule has 0 aliphatic rings. The van der Waals surface area contributed by atoms with Gasteiger partial charge in [0.15, 0.2) is 23.2 Å². The van der Waals surface area contributed by atoms with Gasteiger partial charge in [0.25, 0.3) is 0 Å². The number of nitrogens with two attached hydrogens (primary N) is 1. The maximum atomic E-state index is 13.8. The van der Waals surface area contributed by atoms with Crippen molar-refractivity contribution in [1.29, 1.82) is 5.26 Å². The highest BCUT2D eigenvalue weighted by molar-refractivity contribution is 6.01. The minimum Gasteiger partial charge on any atom is -0.379 e. The van der Waals surface area contributed by atoms with Gasteiger partial charge in [-0.3, -0.25) is 10.7 Å². The second kappa shape index (κ2) is 5.11. The molecule has 0 aliphatic heterocycles. The lowest BCUT2D eigenvalue weighted by Crippen LogP contribution is -2.21. The van der Waals surface area contributed by atoms with E-state index < -0.39 is 5.82 Å². The number of rotatable bonds is 2. The quantitative estimate of drug-likeness (QED) is 0.412. The van der Waals surface area contributed by atoms with E-state index in [4.69, 9.17) is 16.2 Å². The number of nitrogens with zero attached hydrogens (tertiary/aromatic N) is 4. The van der Waals surface area contributed by atoms with Crippen molar-refractivity contribution in [2.24, 2.45) is 4.99 Å². The fourth-order valence-corrected chi connectivity index (χ4v) is 1.30. The lowest BCUT2D eigenvalue weighted by atomic mass is 10.2. The average Bonchev–Trinajstić information content (AvgIpc) is 2.84. The lowest BCUT2D eigenvalue weighted by molar-refractivity contribution is 0.234. The monoisotopic (exact) mass is 262 g/mol. The minimum atomic E-state index is -0.826. The molecule has 96 valence electrons. The number of aliphatic imine (C=N–C) groups is 1. The standard InChI is InChI=1S/C10H7FN6O2/c11-7-5(4-12)2-1-3-6(7)14-10(15-18)8-9(13)17-19-16-8/h1-3,18H,(H2,13,17)(H,14,15). The molecule has 8 nitrogen and oxygen atoms in total. The molecule has 0 atom stereocenters. The van der Waals surface area contributed by atoms with Gasteiger partial charge in [-0.15, -0.1) is 0 Å². The number of nitrogen functional groups attached to an aromatic ring is 1. The Kier molecular flexibility index (Phi) is 3.35. The van der Waals surface area contributed by atoms with Gasteiger partial charge in [0.2, 0.25) is 0 Å². The van der Waals surface area contributed by atoms with E-state index in [1.54, 1.807) is 11.5 Å². The smallest absolute Gasteiger partial charge is 0.199 e. The first-order valence-electron chi connectivity index (χ1n) is 4.93.